The van der Waals surface area contributed by atoms with Crippen LogP contribution in [0.2, 0.25) is 0 Å². The maximum atomic E-state index is 11.2. The van der Waals surface area contributed by atoms with Crippen LogP contribution in [0.4, 0.5) is 0 Å². The standard InChI is InChI=1S/C8H12O/c1-6-5-8(6)4-2-3-7(8)9/h6H,2-5H2,1H3/t6-,8-/m0/s1. The van der Waals surface area contributed by atoms with Crippen molar-refractivity contribution in [2.45, 2.75) is 32.6 Å². The average molecular weight is 124 g/mol. The summed E-state index contributed by atoms with van der Waals surface area (Å²) in [6.07, 6.45) is 4.40. The lowest BCUT2D eigenvalue weighted by Crippen LogP contribution is -2.08. The van der Waals surface area contributed by atoms with Gasteiger partial charge in [0, 0.05) is 11.8 Å². The van der Waals surface area contributed by atoms with Crippen LogP contribution in [0, 0.1) is 11.3 Å². The first-order chi connectivity index (χ1) is 4.26. The second-order valence-electron chi connectivity index (χ2n) is 3.54. The summed E-state index contributed by atoms with van der Waals surface area (Å²) >= 11 is 0. The molecule has 2 saturated carbocycles. The number of ketones is 1. The summed E-state index contributed by atoms with van der Waals surface area (Å²) in [5.74, 6) is 1.27. The fraction of sp³-hybridized carbons (Fsp3) is 0.875. The van der Waals surface area contributed by atoms with Crippen LogP contribution >= 0.6 is 0 Å². The Morgan fingerprint density at radius 3 is 2.56 bits per heavy atom. The summed E-state index contributed by atoms with van der Waals surface area (Å²) in [6, 6.07) is 0. The third-order valence-corrected chi connectivity index (χ3v) is 3.04. The Labute approximate surface area is 55.4 Å². The number of hydrogen-bond acceptors (Lipinski definition) is 1. The van der Waals surface area contributed by atoms with E-state index in [9.17, 15) is 4.79 Å². The van der Waals surface area contributed by atoms with Gasteiger partial charge in [0.05, 0.1) is 0 Å². The highest BCUT2D eigenvalue weighted by Crippen LogP contribution is 2.60. The molecule has 2 aliphatic rings. The van der Waals surface area contributed by atoms with E-state index in [4.69, 9.17) is 0 Å². The highest BCUT2D eigenvalue weighted by molar-refractivity contribution is 5.89. The Hall–Kier alpha value is -0.330. The molecule has 2 aliphatic carbocycles. The van der Waals surface area contributed by atoms with Crippen molar-refractivity contribution in [2.75, 3.05) is 0 Å². The summed E-state index contributed by atoms with van der Waals surface area (Å²) in [4.78, 5) is 11.2. The quantitative estimate of drug-likeness (QED) is 0.481. The summed E-state index contributed by atoms with van der Waals surface area (Å²) in [5, 5.41) is 0. The predicted octanol–water partition coefficient (Wildman–Crippen LogP) is 1.77. The van der Waals surface area contributed by atoms with Crippen LogP contribution in [-0.2, 0) is 4.79 Å². The Morgan fingerprint density at radius 2 is 2.33 bits per heavy atom. The van der Waals surface area contributed by atoms with Gasteiger partial charge in [0.1, 0.15) is 5.78 Å². The van der Waals surface area contributed by atoms with E-state index in [1.165, 1.54) is 12.8 Å². The molecule has 2 fully saturated rings. The van der Waals surface area contributed by atoms with Crippen LogP contribution in [0.15, 0.2) is 0 Å². The van der Waals surface area contributed by atoms with Crippen molar-refractivity contribution in [3.63, 3.8) is 0 Å². The maximum Gasteiger partial charge on any atom is 0.139 e. The van der Waals surface area contributed by atoms with Crippen molar-refractivity contribution in [3.05, 3.63) is 0 Å². The first-order valence-electron chi connectivity index (χ1n) is 3.79. The Kier molecular flexibility index (Phi) is 0.842. The van der Waals surface area contributed by atoms with Gasteiger partial charge in [-0.1, -0.05) is 6.92 Å². The Balaban J connectivity index is 2.21. The average Bonchev–Trinajstić information content (AvgIpc) is 2.29. The van der Waals surface area contributed by atoms with E-state index in [1.807, 2.05) is 0 Å². The molecule has 0 heterocycles. The first kappa shape index (κ1) is 5.45. The Morgan fingerprint density at radius 1 is 1.67 bits per heavy atom. The molecule has 0 amide bonds. The first-order valence-corrected chi connectivity index (χ1v) is 3.79. The summed E-state index contributed by atoms with van der Waals surface area (Å²) in [5.41, 5.74) is 0.222. The van der Waals surface area contributed by atoms with Gasteiger partial charge in [-0.2, -0.15) is 0 Å². The number of carbonyl (C=O) groups excluding carboxylic acids is 1. The third-order valence-electron chi connectivity index (χ3n) is 3.04. The molecule has 1 heteroatoms. The van der Waals surface area contributed by atoms with Gasteiger partial charge in [-0.25, -0.2) is 0 Å². The number of Topliss-reactive ketones (excluding diaryl/α,β-unsaturated/α-hetero) is 1. The van der Waals surface area contributed by atoms with Crippen molar-refractivity contribution < 1.29 is 4.79 Å². The lowest BCUT2D eigenvalue weighted by molar-refractivity contribution is -0.122. The Bertz CT molecular complexity index is 162. The molecule has 0 bridgehead atoms. The topological polar surface area (TPSA) is 17.1 Å². The van der Waals surface area contributed by atoms with Crippen molar-refractivity contribution in [2.24, 2.45) is 11.3 Å². The van der Waals surface area contributed by atoms with E-state index in [2.05, 4.69) is 6.92 Å². The molecular formula is C8H12O. The van der Waals surface area contributed by atoms with Gasteiger partial charge in [0.25, 0.3) is 0 Å². The van der Waals surface area contributed by atoms with Gasteiger partial charge in [0.15, 0.2) is 0 Å². The second kappa shape index (κ2) is 1.39. The van der Waals surface area contributed by atoms with Crippen molar-refractivity contribution in [3.8, 4) is 0 Å². The largest absolute Gasteiger partial charge is 0.299 e. The van der Waals surface area contributed by atoms with E-state index in [0.29, 0.717) is 11.7 Å². The predicted molar refractivity (Wildman–Crippen MR) is 35.1 cm³/mol. The minimum atomic E-state index is 0.222. The van der Waals surface area contributed by atoms with E-state index in [-0.39, 0.29) is 5.41 Å². The van der Waals surface area contributed by atoms with Crippen LogP contribution < -0.4 is 0 Å². The normalized spacial score (nSPS) is 48.6. The molecule has 2 atom stereocenters. The smallest absolute Gasteiger partial charge is 0.139 e. The molecule has 9 heavy (non-hydrogen) atoms. The number of hydrogen-bond donors (Lipinski definition) is 0. The van der Waals surface area contributed by atoms with Crippen LogP contribution in [0.25, 0.3) is 0 Å². The van der Waals surface area contributed by atoms with Crippen LogP contribution in [0.5, 0.6) is 0 Å². The molecule has 0 aromatic heterocycles. The molecule has 0 saturated heterocycles. The molecule has 0 aromatic rings. The molecule has 0 radical (unpaired) electrons. The zero-order valence-electron chi connectivity index (χ0n) is 5.81. The van der Waals surface area contributed by atoms with Gasteiger partial charge >= 0.3 is 0 Å². The molecule has 0 N–H and O–H groups in total. The minimum absolute atomic E-state index is 0.222. The molecule has 50 valence electrons. The van der Waals surface area contributed by atoms with Crippen molar-refractivity contribution >= 4 is 5.78 Å². The lowest BCUT2D eigenvalue weighted by Gasteiger charge is -2.00. The molecule has 0 aromatic carbocycles. The van der Waals surface area contributed by atoms with Gasteiger partial charge in [-0.15, -0.1) is 0 Å². The van der Waals surface area contributed by atoms with E-state index >= 15 is 0 Å². The van der Waals surface area contributed by atoms with Gasteiger partial charge < -0.3 is 0 Å². The molecule has 1 spiro atoms. The van der Waals surface area contributed by atoms with Gasteiger partial charge in [-0.05, 0) is 25.2 Å². The SMILES string of the molecule is C[C@H]1C[C@@]12CCCC2=O. The van der Waals surface area contributed by atoms with E-state index in [0.717, 1.165) is 12.8 Å². The zero-order valence-corrected chi connectivity index (χ0v) is 5.81. The van der Waals surface area contributed by atoms with Crippen molar-refractivity contribution in [1.82, 2.24) is 0 Å². The molecule has 0 aliphatic heterocycles. The fourth-order valence-corrected chi connectivity index (χ4v) is 2.18. The maximum absolute atomic E-state index is 11.2. The van der Waals surface area contributed by atoms with Crippen LogP contribution in [-0.4, -0.2) is 5.78 Å². The highest BCUT2D eigenvalue weighted by Gasteiger charge is 2.58. The highest BCUT2D eigenvalue weighted by atomic mass is 16.1. The van der Waals surface area contributed by atoms with E-state index in [1.54, 1.807) is 0 Å². The number of rotatable bonds is 0. The van der Waals surface area contributed by atoms with Gasteiger partial charge in [-0.3, -0.25) is 4.79 Å². The molecule has 1 nitrogen and oxygen atoms in total. The fourth-order valence-electron chi connectivity index (χ4n) is 2.18. The molecule has 0 unspecified atom stereocenters. The number of carbonyl (C=O) groups is 1. The summed E-state index contributed by atoms with van der Waals surface area (Å²) < 4.78 is 0. The summed E-state index contributed by atoms with van der Waals surface area (Å²) in [6.45, 7) is 2.20. The van der Waals surface area contributed by atoms with Crippen LogP contribution in [0.3, 0.4) is 0 Å². The third kappa shape index (κ3) is 0.525. The van der Waals surface area contributed by atoms with Gasteiger partial charge in [0.2, 0.25) is 0 Å². The summed E-state index contributed by atoms with van der Waals surface area (Å²) in [7, 11) is 0. The zero-order chi connectivity index (χ0) is 6.48. The molecule has 2 rings (SSSR count). The van der Waals surface area contributed by atoms with E-state index < -0.39 is 0 Å². The minimum Gasteiger partial charge on any atom is -0.299 e. The lowest BCUT2D eigenvalue weighted by atomic mass is 10.0. The monoisotopic (exact) mass is 124 g/mol. The second-order valence-corrected chi connectivity index (χ2v) is 3.54. The van der Waals surface area contributed by atoms with Crippen LogP contribution in [0.1, 0.15) is 32.6 Å². The van der Waals surface area contributed by atoms with Crippen molar-refractivity contribution in [1.29, 1.82) is 0 Å². The molecular weight excluding hydrogens is 112 g/mol.